The lowest BCUT2D eigenvalue weighted by Gasteiger charge is -2.12. The number of benzene rings is 1. The van der Waals surface area contributed by atoms with Crippen LogP contribution in [0.5, 0.6) is 0 Å². The van der Waals surface area contributed by atoms with Gasteiger partial charge in [0, 0.05) is 10.6 Å². The number of amides is 1. The minimum Gasteiger partial charge on any atom is -0.480 e. The molecule has 1 heterocycles. The third-order valence-electron chi connectivity index (χ3n) is 4.70. The lowest BCUT2D eigenvalue weighted by atomic mass is 9.99. The Hall–Kier alpha value is -2.79. The molecule has 0 fully saturated rings. The van der Waals surface area contributed by atoms with Crippen LogP contribution in [0.3, 0.4) is 0 Å². The molecule has 0 aliphatic rings. The van der Waals surface area contributed by atoms with Gasteiger partial charge in [-0.25, -0.2) is 4.79 Å². The smallest absolute Gasteiger partial charge is 0.329 e. The van der Waals surface area contributed by atoms with Crippen LogP contribution in [0, 0.1) is 12.3 Å². The normalized spacial score (nSPS) is 11.9. The molecule has 1 aromatic carbocycles. The second-order valence-electron chi connectivity index (χ2n) is 7.27. The molecule has 0 saturated carbocycles. The number of allylic oxidation sites excluding steroid dienone is 5. The molecule has 10 heteroatoms. The third-order valence-corrected chi connectivity index (χ3v) is 8.47. The van der Waals surface area contributed by atoms with E-state index in [1.165, 1.54) is 11.3 Å². The molecule has 0 saturated heterocycles. The standard InChI is InChI=1S/C25H29N3O4S3/c1-5-16(7-9-18(6-2)34-21-12-20(24(26)27)35-25(21)33-4)19-10-8-17(11-15(19)3)28-22(29)13-32-14-23(30)31/h5-8,10-12H,1,9,13-14H2,2-4H3,(H3,26,27)(H,28,29)(H,30,31)/b16-7+,18-6+. The van der Waals surface area contributed by atoms with Crippen molar-refractivity contribution in [3.8, 4) is 0 Å². The van der Waals surface area contributed by atoms with Gasteiger partial charge < -0.3 is 20.9 Å². The summed E-state index contributed by atoms with van der Waals surface area (Å²) < 4.78 is 5.95. The van der Waals surface area contributed by atoms with Crippen molar-refractivity contribution in [2.75, 3.05) is 24.8 Å². The molecule has 1 amide bonds. The van der Waals surface area contributed by atoms with Gasteiger partial charge in [-0.05, 0) is 66.3 Å². The Bertz CT molecular complexity index is 1170. The zero-order chi connectivity index (χ0) is 26.0. The van der Waals surface area contributed by atoms with Crippen molar-refractivity contribution in [3.63, 3.8) is 0 Å². The number of nitrogens with one attached hydrogen (secondary N) is 2. The number of aryl methyl sites for hydroxylation is 1. The molecule has 0 atom stereocenters. The average molecular weight is 532 g/mol. The number of aliphatic carboxylic acids is 1. The number of amidine groups is 1. The minimum atomic E-state index is -1.12. The number of anilines is 1. The Morgan fingerprint density at radius 2 is 2.06 bits per heavy atom. The number of thioether (sulfide) groups is 2. The topological polar surface area (TPSA) is 126 Å². The number of rotatable bonds is 13. The molecule has 2 rings (SSSR count). The largest absolute Gasteiger partial charge is 0.480 e. The lowest BCUT2D eigenvalue weighted by molar-refractivity contribution is -0.143. The van der Waals surface area contributed by atoms with Gasteiger partial charge in [0.05, 0.1) is 9.09 Å². The zero-order valence-corrected chi connectivity index (χ0v) is 22.3. The van der Waals surface area contributed by atoms with E-state index in [-0.39, 0.29) is 12.4 Å². The SMILES string of the molecule is C=C/C(=C\C/C(=C\C)Sc1cc(C(=N)N)sc1SC)c1ccc(NC(=O)COCC(=O)O)cc1C. The highest BCUT2D eigenvalue weighted by molar-refractivity contribution is 8.05. The highest BCUT2D eigenvalue weighted by Gasteiger charge is 2.13. The summed E-state index contributed by atoms with van der Waals surface area (Å²) >= 11 is 4.85. The number of nitrogen functional groups attached to an aromatic ring is 1. The van der Waals surface area contributed by atoms with Crippen LogP contribution in [0.2, 0.25) is 0 Å². The first-order chi connectivity index (χ1) is 16.7. The van der Waals surface area contributed by atoms with E-state index in [4.69, 9.17) is 21.0 Å². The molecular weight excluding hydrogens is 502 g/mol. The molecule has 5 N–H and O–H groups in total. The number of hydrogen-bond donors (Lipinski definition) is 4. The van der Waals surface area contributed by atoms with Crippen molar-refractivity contribution >= 4 is 63.8 Å². The molecule has 0 spiro atoms. The van der Waals surface area contributed by atoms with Gasteiger partial charge in [0.15, 0.2) is 0 Å². The first kappa shape index (κ1) is 28.4. The Morgan fingerprint density at radius 1 is 1.31 bits per heavy atom. The van der Waals surface area contributed by atoms with Crippen LogP contribution < -0.4 is 11.1 Å². The third kappa shape index (κ3) is 8.74. The van der Waals surface area contributed by atoms with Gasteiger partial charge in [-0.2, -0.15) is 0 Å². The first-order valence-electron chi connectivity index (χ1n) is 10.6. The number of carboxylic acids is 1. The average Bonchev–Trinajstić information content (AvgIpc) is 3.22. The predicted molar refractivity (Wildman–Crippen MR) is 148 cm³/mol. The van der Waals surface area contributed by atoms with Gasteiger partial charge in [0.1, 0.15) is 19.0 Å². The maximum atomic E-state index is 11.9. The summed E-state index contributed by atoms with van der Waals surface area (Å²) in [6, 6.07) is 7.53. The number of thiophene rings is 1. The number of carboxylic acid groups (broad SMARTS) is 1. The van der Waals surface area contributed by atoms with E-state index >= 15 is 0 Å². The fraction of sp³-hybridized carbons (Fsp3) is 0.240. The van der Waals surface area contributed by atoms with Gasteiger partial charge in [0.25, 0.3) is 0 Å². The zero-order valence-electron chi connectivity index (χ0n) is 19.8. The van der Waals surface area contributed by atoms with Gasteiger partial charge in [-0.1, -0.05) is 42.6 Å². The molecule has 35 heavy (non-hydrogen) atoms. The molecule has 186 valence electrons. The summed E-state index contributed by atoms with van der Waals surface area (Å²) in [5.41, 5.74) is 9.21. The Balaban J connectivity index is 2.11. The maximum Gasteiger partial charge on any atom is 0.329 e. The van der Waals surface area contributed by atoms with Crippen molar-refractivity contribution in [3.05, 3.63) is 70.0 Å². The molecule has 0 aliphatic heterocycles. The molecule has 7 nitrogen and oxygen atoms in total. The lowest BCUT2D eigenvalue weighted by Crippen LogP contribution is -2.20. The van der Waals surface area contributed by atoms with Crippen molar-refractivity contribution in [1.82, 2.24) is 0 Å². The van der Waals surface area contributed by atoms with Gasteiger partial charge >= 0.3 is 5.97 Å². The molecular formula is C25H29N3O4S3. The second kappa shape index (κ2) is 13.9. The first-order valence-corrected chi connectivity index (χ1v) is 13.4. The van der Waals surface area contributed by atoms with E-state index in [0.29, 0.717) is 12.1 Å². The molecule has 0 bridgehead atoms. The number of nitrogens with two attached hydrogens (primary N) is 1. The highest BCUT2D eigenvalue weighted by atomic mass is 32.2. The summed E-state index contributed by atoms with van der Waals surface area (Å²) in [7, 11) is 0. The quantitative estimate of drug-likeness (QED) is 0.112. The molecule has 2 aromatic rings. The molecule has 0 radical (unpaired) electrons. The van der Waals surface area contributed by atoms with Crippen LogP contribution in [0.25, 0.3) is 5.57 Å². The summed E-state index contributed by atoms with van der Waals surface area (Å²) in [5, 5.41) is 19.0. The fourth-order valence-electron chi connectivity index (χ4n) is 3.07. The van der Waals surface area contributed by atoms with E-state index in [2.05, 4.69) is 24.0 Å². The van der Waals surface area contributed by atoms with Crippen LogP contribution >= 0.6 is 34.9 Å². The molecule has 1 aromatic heterocycles. The van der Waals surface area contributed by atoms with Crippen molar-refractivity contribution in [2.45, 2.75) is 29.4 Å². The van der Waals surface area contributed by atoms with Crippen LogP contribution in [0.15, 0.2) is 63.1 Å². The minimum absolute atomic E-state index is 0.0796. The van der Waals surface area contributed by atoms with E-state index in [9.17, 15) is 9.59 Å². The fourth-order valence-corrected chi connectivity index (χ4v) is 6.11. The van der Waals surface area contributed by atoms with E-state index in [0.717, 1.165) is 35.6 Å². The van der Waals surface area contributed by atoms with Crippen molar-refractivity contribution in [1.29, 1.82) is 5.41 Å². The highest BCUT2D eigenvalue weighted by Crippen LogP contribution is 2.41. The van der Waals surface area contributed by atoms with E-state index < -0.39 is 18.5 Å². The van der Waals surface area contributed by atoms with Crippen LogP contribution in [0.4, 0.5) is 5.69 Å². The molecule has 0 unspecified atom stereocenters. The summed E-state index contributed by atoms with van der Waals surface area (Å²) in [5.74, 6) is -1.46. The Morgan fingerprint density at radius 3 is 2.63 bits per heavy atom. The van der Waals surface area contributed by atoms with Gasteiger partial charge in [-0.3, -0.25) is 10.2 Å². The van der Waals surface area contributed by atoms with E-state index in [1.54, 1.807) is 29.6 Å². The van der Waals surface area contributed by atoms with Crippen LogP contribution in [0.1, 0.15) is 29.3 Å². The number of hydrogen-bond acceptors (Lipinski definition) is 7. The van der Waals surface area contributed by atoms with Crippen molar-refractivity contribution < 1.29 is 19.4 Å². The van der Waals surface area contributed by atoms with Gasteiger partial charge in [-0.15, -0.1) is 23.1 Å². The summed E-state index contributed by atoms with van der Waals surface area (Å²) in [6.07, 6.45) is 8.73. The molecule has 0 aliphatic carbocycles. The second-order valence-corrected chi connectivity index (χ2v) is 10.6. The van der Waals surface area contributed by atoms with Crippen molar-refractivity contribution in [2.24, 2.45) is 5.73 Å². The van der Waals surface area contributed by atoms with Gasteiger partial charge in [0.2, 0.25) is 5.91 Å². The summed E-state index contributed by atoms with van der Waals surface area (Å²) in [4.78, 5) is 25.5. The number of carbonyl (C=O) groups is 2. The Labute approximate surface area is 218 Å². The number of ether oxygens (including phenoxy) is 1. The summed E-state index contributed by atoms with van der Waals surface area (Å²) in [6.45, 7) is 7.08. The van der Waals surface area contributed by atoms with Crippen LogP contribution in [-0.4, -0.2) is 42.3 Å². The Kier molecular flexibility index (Phi) is 11.3. The predicted octanol–water partition coefficient (Wildman–Crippen LogP) is 5.76. The van der Waals surface area contributed by atoms with E-state index in [1.807, 2.05) is 44.4 Å². The maximum absolute atomic E-state index is 11.9. The van der Waals surface area contributed by atoms with Crippen LogP contribution in [-0.2, 0) is 14.3 Å². The monoisotopic (exact) mass is 531 g/mol. The number of carbonyl (C=O) groups excluding carboxylic acids is 1.